The molecule has 0 heterocycles. The normalized spacial score (nSPS) is 9.40. The van der Waals surface area contributed by atoms with Crippen LogP contribution in [0.3, 0.4) is 0 Å². The standard InChI is InChI=1S/C6H8O7.Co.Mn/c7-3(8)1-6(13,5(11)12)2-4(9)10;;/h13H,1-2H2,(H,7,8)(H,9,10)(H,11,12);;. The molecular formula is C6H8CoMnO7. The molecule has 0 aliphatic rings. The first-order valence-electron chi connectivity index (χ1n) is 3.17. The van der Waals surface area contributed by atoms with Gasteiger partial charge in [-0.1, -0.05) is 0 Å². The zero-order valence-corrected chi connectivity index (χ0v) is 9.36. The third-order valence-corrected chi connectivity index (χ3v) is 1.29. The third-order valence-electron chi connectivity index (χ3n) is 1.29. The molecule has 0 unspecified atom stereocenters. The molecule has 0 aliphatic heterocycles. The van der Waals surface area contributed by atoms with Gasteiger partial charge in [-0.2, -0.15) is 0 Å². The largest absolute Gasteiger partial charge is 0.481 e. The summed E-state index contributed by atoms with van der Waals surface area (Å²) in [6.07, 6.45) is -2.29. The first-order chi connectivity index (χ1) is 5.78. The molecule has 0 spiro atoms. The van der Waals surface area contributed by atoms with Gasteiger partial charge in [0.05, 0.1) is 12.8 Å². The summed E-state index contributed by atoms with van der Waals surface area (Å²) in [6.45, 7) is 0. The van der Waals surface area contributed by atoms with Crippen LogP contribution in [-0.4, -0.2) is 43.9 Å². The second-order valence-electron chi connectivity index (χ2n) is 2.48. The van der Waals surface area contributed by atoms with Crippen molar-refractivity contribution in [3.8, 4) is 0 Å². The summed E-state index contributed by atoms with van der Waals surface area (Å²) in [5.74, 6) is -5.02. The summed E-state index contributed by atoms with van der Waals surface area (Å²) in [5.41, 5.74) is -2.74. The van der Waals surface area contributed by atoms with Gasteiger partial charge in [0.1, 0.15) is 0 Å². The van der Waals surface area contributed by atoms with E-state index in [0.29, 0.717) is 0 Å². The number of rotatable bonds is 5. The predicted molar refractivity (Wildman–Crippen MR) is 37.1 cm³/mol. The molecule has 15 heavy (non-hydrogen) atoms. The summed E-state index contributed by atoms with van der Waals surface area (Å²) >= 11 is 0. The molecule has 0 saturated heterocycles. The van der Waals surface area contributed by atoms with Crippen LogP contribution in [-0.2, 0) is 48.2 Å². The molecule has 0 aliphatic carbocycles. The van der Waals surface area contributed by atoms with Crippen molar-refractivity contribution in [1.29, 1.82) is 0 Å². The molecule has 9 heteroatoms. The van der Waals surface area contributed by atoms with Gasteiger partial charge in [-0.3, -0.25) is 9.59 Å². The Morgan fingerprint density at radius 1 is 0.933 bits per heavy atom. The molecule has 4 N–H and O–H groups in total. The minimum absolute atomic E-state index is 0. The molecular weight excluding hydrogens is 298 g/mol. The molecule has 0 rings (SSSR count). The average Bonchev–Trinajstić information content (AvgIpc) is 1.82. The van der Waals surface area contributed by atoms with Crippen LogP contribution in [0.25, 0.3) is 0 Å². The van der Waals surface area contributed by atoms with Crippen LogP contribution < -0.4 is 0 Å². The van der Waals surface area contributed by atoms with Crippen molar-refractivity contribution in [3.63, 3.8) is 0 Å². The summed E-state index contributed by atoms with van der Waals surface area (Å²) < 4.78 is 0. The molecule has 0 atom stereocenters. The van der Waals surface area contributed by atoms with E-state index in [2.05, 4.69) is 0 Å². The first kappa shape index (κ1) is 19.9. The number of carboxylic acids is 3. The van der Waals surface area contributed by atoms with E-state index in [9.17, 15) is 14.4 Å². The summed E-state index contributed by atoms with van der Waals surface area (Å²) in [5, 5.41) is 33.8. The number of hydrogen-bond acceptors (Lipinski definition) is 4. The van der Waals surface area contributed by atoms with Gasteiger partial charge in [0.15, 0.2) is 5.60 Å². The van der Waals surface area contributed by atoms with Crippen molar-refractivity contribution in [1.82, 2.24) is 0 Å². The fourth-order valence-electron chi connectivity index (χ4n) is 0.714. The average molecular weight is 306 g/mol. The van der Waals surface area contributed by atoms with Gasteiger partial charge in [-0.15, -0.1) is 0 Å². The van der Waals surface area contributed by atoms with Crippen molar-refractivity contribution in [3.05, 3.63) is 0 Å². The molecule has 0 amide bonds. The van der Waals surface area contributed by atoms with Crippen LogP contribution in [0.5, 0.6) is 0 Å². The van der Waals surface area contributed by atoms with Crippen molar-refractivity contribution in [2.75, 3.05) is 0 Å². The fourth-order valence-corrected chi connectivity index (χ4v) is 0.714. The molecule has 0 fully saturated rings. The Labute approximate surface area is 105 Å². The molecule has 0 saturated carbocycles. The van der Waals surface area contributed by atoms with Crippen LogP contribution in [0.4, 0.5) is 0 Å². The molecule has 0 bridgehead atoms. The number of aliphatic hydroxyl groups is 1. The summed E-state index contributed by atoms with van der Waals surface area (Å²) in [6, 6.07) is 0. The maximum atomic E-state index is 10.3. The first-order valence-corrected chi connectivity index (χ1v) is 3.17. The van der Waals surface area contributed by atoms with E-state index in [0.717, 1.165) is 0 Å². The van der Waals surface area contributed by atoms with Crippen LogP contribution >= 0.6 is 0 Å². The SMILES string of the molecule is O=C(O)CC(O)(CC(=O)O)C(=O)O.[Co].[Mn]. The van der Waals surface area contributed by atoms with Gasteiger partial charge in [-0.05, 0) is 0 Å². The number of carboxylic acid groups (broad SMARTS) is 3. The Kier molecular flexibility index (Phi) is 10.2. The molecule has 0 aromatic heterocycles. The molecule has 0 aromatic rings. The van der Waals surface area contributed by atoms with Crippen LogP contribution in [0.1, 0.15) is 12.8 Å². The Bertz CT molecular complexity index is 238. The number of carbonyl (C=O) groups is 3. The third kappa shape index (κ3) is 7.34. The molecule has 0 aromatic carbocycles. The van der Waals surface area contributed by atoms with E-state index in [1.807, 2.05) is 0 Å². The molecule has 7 nitrogen and oxygen atoms in total. The van der Waals surface area contributed by atoms with Gasteiger partial charge in [-0.25, -0.2) is 4.79 Å². The quantitative estimate of drug-likeness (QED) is 0.466. The van der Waals surface area contributed by atoms with E-state index in [-0.39, 0.29) is 33.8 Å². The Balaban J connectivity index is -0.000000720. The predicted octanol–water partition coefficient (Wildman–Crippen LogP) is -1.25. The Morgan fingerprint density at radius 2 is 1.20 bits per heavy atom. The van der Waals surface area contributed by atoms with Crippen molar-refractivity contribution >= 4 is 17.9 Å². The fraction of sp³-hybridized carbons (Fsp3) is 0.500. The zero-order valence-electron chi connectivity index (χ0n) is 7.14. The van der Waals surface area contributed by atoms with Gasteiger partial charge < -0.3 is 20.4 Å². The van der Waals surface area contributed by atoms with Crippen molar-refractivity contribution in [2.24, 2.45) is 0 Å². The smallest absolute Gasteiger partial charge is 0.336 e. The van der Waals surface area contributed by atoms with Gasteiger partial charge in [0.2, 0.25) is 0 Å². The van der Waals surface area contributed by atoms with Crippen LogP contribution in [0, 0.1) is 0 Å². The molecule has 90 valence electrons. The summed E-state index contributed by atoms with van der Waals surface area (Å²) in [7, 11) is 0. The van der Waals surface area contributed by atoms with Crippen LogP contribution in [0.15, 0.2) is 0 Å². The maximum absolute atomic E-state index is 10.3. The monoisotopic (exact) mass is 306 g/mol. The van der Waals surface area contributed by atoms with Gasteiger partial charge in [0.25, 0.3) is 0 Å². The minimum atomic E-state index is -2.74. The van der Waals surface area contributed by atoms with E-state index < -0.39 is 36.4 Å². The Hall–Kier alpha value is -0.604. The zero-order chi connectivity index (χ0) is 10.6. The summed E-state index contributed by atoms with van der Waals surface area (Å²) in [4.78, 5) is 30.5. The second kappa shape index (κ2) is 7.66. The van der Waals surface area contributed by atoms with E-state index in [1.54, 1.807) is 0 Å². The number of hydrogen-bond donors (Lipinski definition) is 4. The second-order valence-corrected chi connectivity index (χ2v) is 2.48. The van der Waals surface area contributed by atoms with E-state index in [4.69, 9.17) is 20.4 Å². The maximum Gasteiger partial charge on any atom is 0.336 e. The van der Waals surface area contributed by atoms with E-state index >= 15 is 0 Å². The van der Waals surface area contributed by atoms with Crippen molar-refractivity contribution < 1.29 is 68.7 Å². The van der Waals surface area contributed by atoms with Crippen molar-refractivity contribution in [2.45, 2.75) is 18.4 Å². The van der Waals surface area contributed by atoms with Gasteiger partial charge >= 0.3 is 17.9 Å². The topological polar surface area (TPSA) is 132 Å². The van der Waals surface area contributed by atoms with Gasteiger partial charge in [0, 0.05) is 33.8 Å². The minimum Gasteiger partial charge on any atom is -0.481 e. The molecule has 2 radical (unpaired) electrons. The number of aliphatic carboxylic acids is 3. The Morgan fingerprint density at radius 3 is 1.33 bits per heavy atom. The van der Waals surface area contributed by atoms with Crippen LogP contribution in [0.2, 0.25) is 0 Å². The van der Waals surface area contributed by atoms with E-state index in [1.165, 1.54) is 0 Å².